The van der Waals surface area contributed by atoms with E-state index in [-0.39, 0.29) is 11.5 Å². The average molecular weight is 487 g/mol. The van der Waals surface area contributed by atoms with Crippen LogP contribution in [0.4, 0.5) is 15.1 Å². The first-order valence-corrected chi connectivity index (χ1v) is 11.3. The molecule has 0 fully saturated rings. The van der Waals surface area contributed by atoms with Gasteiger partial charge in [-0.2, -0.15) is 4.98 Å². The van der Waals surface area contributed by atoms with E-state index >= 15 is 0 Å². The number of nitrogens with one attached hydrogen (secondary N) is 4. The van der Waals surface area contributed by atoms with Crippen LogP contribution in [0.15, 0.2) is 47.4 Å². The molecule has 1 aromatic heterocycles. The number of hydrogen-bond acceptors (Lipinski definition) is 5. The maximum Gasteiger partial charge on any atom is 0.321 e. The van der Waals surface area contributed by atoms with Gasteiger partial charge in [0.05, 0.1) is 5.56 Å². The van der Waals surface area contributed by atoms with Gasteiger partial charge in [0.25, 0.3) is 5.56 Å². The number of H-pyrrole nitrogens is 1. The Balaban J connectivity index is 1.56. The van der Waals surface area contributed by atoms with Crippen molar-refractivity contribution in [2.45, 2.75) is 26.3 Å². The summed E-state index contributed by atoms with van der Waals surface area (Å²) in [5.41, 5.74) is 7.92. The first-order valence-electron chi connectivity index (χ1n) is 11.0. The SMILES string of the molecule is Cc1ccc(CCNC(=O)Nc2nc(=O)c(-c3ccc(CNCCCN)c(F)c3)c[nH]2)c(Cl)c1. The largest absolute Gasteiger partial charge is 0.337 e. The van der Waals surface area contributed by atoms with Crippen LogP contribution in [0.25, 0.3) is 11.1 Å². The minimum atomic E-state index is -0.589. The van der Waals surface area contributed by atoms with Gasteiger partial charge in [-0.05, 0) is 61.7 Å². The molecule has 0 spiro atoms. The second-order valence-electron chi connectivity index (χ2n) is 7.82. The third-order valence-electron chi connectivity index (χ3n) is 5.15. The molecule has 0 aliphatic carbocycles. The van der Waals surface area contributed by atoms with Gasteiger partial charge in [-0.25, -0.2) is 9.18 Å². The van der Waals surface area contributed by atoms with E-state index in [9.17, 15) is 14.0 Å². The van der Waals surface area contributed by atoms with Gasteiger partial charge in [0.1, 0.15) is 5.82 Å². The molecule has 0 aliphatic rings. The summed E-state index contributed by atoms with van der Waals surface area (Å²) in [7, 11) is 0. The van der Waals surface area contributed by atoms with Crippen molar-refractivity contribution in [3.8, 4) is 11.1 Å². The highest BCUT2D eigenvalue weighted by atomic mass is 35.5. The van der Waals surface area contributed by atoms with Crippen LogP contribution in [-0.4, -0.2) is 35.6 Å². The van der Waals surface area contributed by atoms with Crippen LogP contribution < -0.4 is 27.2 Å². The number of nitrogens with zero attached hydrogens (tertiary/aromatic N) is 1. The molecule has 0 radical (unpaired) electrons. The average Bonchev–Trinajstić information content (AvgIpc) is 2.79. The first kappa shape index (κ1) is 25.4. The quantitative estimate of drug-likeness (QED) is 0.281. The summed E-state index contributed by atoms with van der Waals surface area (Å²) in [6.45, 7) is 3.94. The maximum atomic E-state index is 14.4. The topological polar surface area (TPSA) is 125 Å². The van der Waals surface area contributed by atoms with E-state index in [1.165, 1.54) is 12.3 Å². The van der Waals surface area contributed by atoms with Gasteiger partial charge in [0.2, 0.25) is 5.95 Å². The van der Waals surface area contributed by atoms with Gasteiger partial charge in [0, 0.05) is 29.9 Å². The number of anilines is 1. The normalized spacial score (nSPS) is 10.8. The summed E-state index contributed by atoms with van der Waals surface area (Å²) in [6.07, 6.45) is 2.75. The predicted molar refractivity (Wildman–Crippen MR) is 133 cm³/mol. The minimum Gasteiger partial charge on any atom is -0.337 e. The Morgan fingerprint density at radius 3 is 2.68 bits per heavy atom. The molecule has 34 heavy (non-hydrogen) atoms. The lowest BCUT2D eigenvalue weighted by Gasteiger charge is -2.09. The van der Waals surface area contributed by atoms with Gasteiger partial charge in [-0.3, -0.25) is 10.1 Å². The molecular weight excluding hydrogens is 459 g/mol. The van der Waals surface area contributed by atoms with Crippen LogP contribution in [0.2, 0.25) is 5.02 Å². The third-order valence-corrected chi connectivity index (χ3v) is 5.51. The van der Waals surface area contributed by atoms with E-state index < -0.39 is 17.4 Å². The van der Waals surface area contributed by atoms with E-state index in [2.05, 4.69) is 25.9 Å². The van der Waals surface area contributed by atoms with E-state index in [0.29, 0.717) is 48.7 Å². The van der Waals surface area contributed by atoms with Crippen LogP contribution in [0.3, 0.4) is 0 Å². The Kier molecular flexibility index (Phi) is 9.15. The van der Waals surface area contributed by atoms with Gasteiger partial charge >= 0.3 is 6.03 Å². The standard InChI is InChI=1S/C24H28ClFN6O2/c1-15-3-4-16(20(25)11-15)7-10-29-24(34)32-23-30-14-19(22(33)31-23)17-5-6-18(21(26)12-17)13-28-9-2-8-27/h3-6,11-12,14,28H,2,7-10,13,27H2,1H3,(H3,29,30,31,32,33,34). The molecule has 0 saturated carbocycles. The Labute approximate surface area is 202 Å². The molecule has 180 valence electrons. The number of benzene rings is 2. The second-order valence-corrected chi connectivity index (χ2v) is 8.23. The molecule has 1 heterocycles. The zero-order valence-electron chi connectivity index (χ0n) is 18.9. The van der Waals surface area contributed by atoms with E-state index in [0.717, 1.165) is 17.5 Å². The third kappa shape index (κ3) is 7.11. The number of aryl methyl sites for hydroxylation is 1. The molecule has 0 unspecified atom stereocenters. The van der Waals surface area contributed by atoms with Gasteiger partial charge in [-0.1, -0.05) is 35.9 Å². The molecule has 0 saturated heterocycles. The lowest BCUT2D eigenvalue weighted by molar-refractivity contribution is 0.252. The maximum absolute atomic E-state index is 14.4. The van der Waals surface area contributed by atoms with Crippen LogP contribution >= 0.6 is 11.6 Å². The molecule has 2 amide bonds. The fourth-order valence-corrected chi connectivity index (χ4v) is 3.62. The molecule has 3 aromatic rings. The molecule has 0 atom stereocenters. The number of aromatic nitrogens is 2. The zero-order chi connectivity index (χ0) is 24.5. The summed E-state index contributed by atoms with van der Waals surface area (Å²) in [5, 5.41) is 8.94. The number of rotatable bonds is 10. The molecule has 3 rings (SSSR count). The lowest BCUT2D eigenvalue weighted by atomic mass is 10.1. The molecule has 8 nitrogen and oxygen atoms in total. The number of nitrogens with two attached hydrogens (primary N) is 1. The van der Waals surface area contributed by atoms with Gasteiger partial charge < -0.3 is 21.4 Å². The van der Waals surface area contributed by atoms with Crippen LogP contribution in [0, 0.1) is 12.7 Å². The summed E-state index contributed by atoms with van der Waals surface area (Å²) < 4.78 is 14.4. The monoisotopic (exact) mass is 486 g/mol. The second kappa shape index (κ2) is 12.3. The highest BCUT2D eigenvalue weighted by Crippen LogP contribution is 2.19. The zero-order valence-corrected chi connectivity index (χ0v) is 19.6. The van der Waals surface area contributed by atoms with Crippen molar-refractivity contribution in [1.29, 1.82) is 0 Å². The van der Waals surface area contributed by atoms with Gasteiger partial charge in [-0.15, -0.1) is 0 Å². The summed E-state index contributed by atoms with van der Waals surface area (Å²) >= 11 is 6.20. The van der Waals surface area contributed by atoms with E-state index in [4.69, 9.17) is 17.3 Å². The Morgan fingerprint density at radius 1 is 1.18 bits per heavy atom. The number of amides is 2. The molecule has 10 heteroatoms. The van der Waals surface area contributed by atoms with Crippen molar-refractivity contribution in [3.63, 3.8) is 0 Å². The number of carbonyl (C=O) groups excluding carboxylic acids is 1. The highest BCUT2D eigenvalue weighted by Gasteiger charge is 2.11. The van der Waals surface area contributed by atoms with Crippen molar-refractivity contribution >= 4 is 23.6 Å². The Morgan fingerprint density at radius 2 is 1.97 bits per heavy atom. The first-order chi connectivity index (χ1) is 16.4. The summed E-state index contributed by atoms with van der Waals surface area (Å²) in [6, 6.07) is 9.80. The number of urea groups is 1. The number of halogens is 2. The van der Waals surface area contributed by atoms with E-state index in [1.54, 1.807) is 12.1 Å². The Hall–Kier alpha value is -3.27. The van der Waals surface area contributed by atoms with Crippen LogP contribution in [0.5, 0.6) is 0 Å². The van der Waals surface area contributed by atoms with Crippen LogP contribution in [0.1, 0.15) is 23.1 Å². The molecule has 6 N–H and O–H groups in total. The summed E-state index contributed by atoms with van der Waals surface area (Å²) in [4.78, 5) is 31.2. The minimum absolute atomic E-state index is 0.0131. The van der Waals surface area contributed by atoms with Crippen molar-refractivity contribution in [2.24, 2.45) is 5.73 Å². The smallest absolute Gasteiger partial charge is 0.321 e. The van der Waals surface area contributed by atoms with Crippen LogP contribution in [-0.2, 0) is 13.0 Å². The predicted octanol–water partition coefficient (Wildman–Crippen LogP) is 3.34. The summed E-state index contributed by atoms with van der Waals surface area (Å²) in [5.74, 6) is -0.437. The number of aromatic amines is 1. The van der Waals surface area contributed by atoms with Crippen molar-refractivity contribution in [1.82, 2.24) is 20.6 Å². The molecule has 0 aliphatic heterocycles. The Bertz CT molecular complexity index is 1200. The fourth-order valence-electron chi connectivity index (χ4n) is 3.29. The number of carbonyl (C=O) groups is 1. The molecule has 0 bridgehead atoms. The number of hydrogen-bond donors (Lipinski definition) is 5. The molecular formula is C24H28ClFN6O2. The van der Waals surface area contributed by atoms with Gasteiger partial charge in [0.15, 0.2) is 0 Å². The van der Waals surface area contributed by atoms with Crippen molar-refractivity contribution in [3.05, 3.63) is 80.5 Å². The van der Waals surface area contributed by atoms with Crippen molar-refractivity contribution < 1.29 is 9.18 Å². The highest BCUT2D eigenvalue weighted by molar-refractivity contribution is 6.31. The molecule has 2 aromatic carbocycles. The van der Waals surface area contributed by atoms with Crippen molar-refractivity contribution in [2.75, 3.05) is 25.0 Å². The fraction of sp³-hybridized carbons (Fsp3) is 0.292. The van der Waals surface area contributed by atoms with E-state index in [1.807, 2.05) is 25.1 Å². The lowest BCUT2D eigenvalue weighted by Crippen LogP contribution is -2.32.